The highest BCUT2D eigenvalue weighted by Gasteiger charge is 2.16. The number of rotatable bonds is 3. The smallest absolute Gasteiger partial charge is 0.00399 e. The monoisotopic (exact) mass is 139 g/mol. The van der Waals surface area contributed by atoms with Crippen molar-refractivity contribution in [1.29, 1.82) is 0 Å². The topological polar surface area (TPSA) is 26.0 Å². The molecule has 0 amide bonds. The molecule has 58 valence electrons. The van der Waals surface area contributed by atoms with Crippen molar-refractivity contribution < 1.29 is 0 Å². The first-order chi connectivity index (χ1) is 4.84. The molecule has 1 fully saturated rings. The van der Waals surface area contributed by atoms with E-state index in [1.165, 1.54) is 31.3 Å². The normalized spacial score (nSPS) is 19.7. The van der Waals surface area contributed by atoms with E-state index < -0.39 is 0 Å². The Kier molecular flexibility index (Phi) is 2.94. The maximum absolute atomic E-state index is 5.44. The minimum atomic E-state index is 0.773. The summed E-state index contributed by atoms with van der Waals surface area (Å²) in [6.07, 6.45) is 6.55. The third-order valence-corrected chi connectivity index (χ3v) is 2.40. The molecular formula is C9H17N. The van der Waals surface area contributed by atoms with Crippen molar-refractivity contribution in [1.82, 2.24) is 0 Å². The molecule has 1 nitrogen and oxygen atoms in total. The van der Waals surface area contributed by atoms with Crippen LogP contribution in [0.2, 0.25) is 0 Å². The Hall–Kier alpha value is -0.300. The lowest BCUT2D eigenvalue weighted by molar-refractivity contribution is 0.615. The van der Waals surface area contributed by atoms with Crippen LogP contribution in [0.25, 0.3) is 0 Å². The fourth-order valence-corrected chi connectivity index (χ4v) is 1.72. The molecule has 0 saturated heterocycles. The lowest BCUT2D eigenvalue weighted by Gasteiger charge is -2.10. The Morgan fingerprint density at radius 2 is 2.00 bits per heavy atom. The molecule has 1 saturated carbocycles. The van der Waals surface area contributed by atoms with Crippen LogP contribution in [0, 0.1) is 5.92 Å². The van der Waals surface area contributed by atoms with Gasteiger partial charge in [-0.05, 0) is 31.7 Å². The van der Waals surface area contributed by atoms with E-state index in [9.17, 15) is 0 Å². The van der Waals surface area contributed by atoms with Crippen molar-refractivity contribution in [3.05, 3.63) is 12.2 Å². The quantitative estimate of drug-likeness (QED) is 0.595. The summed E-state index contributed by atoms with van der Waals surface area (Å²) < 4.78 is 0. The average Bonchev–Trinajstić information content (AvgIpc) is 2.38. The van der Waals surface area contributed by atoms with Crippen LogP contribution in [-0.4, -0.2) is 6.54 Å². The molecule has 1 rings (SSSR count). The van der Waals surface area contributed by atoms with E-state index in [4.69, 9.17) is 5.73 Å². The number of hydrogen-bond acceptors (Lipinski definition) is 1. The Bertz CT molecular complexity index is 112. The van der Waals surface area contributed by atoms with E-state index in [-0.39, 0.29) is 0 Å². The number of hydrogen-bond donors (Lipinski definition) is 1. The van der Waals surface area contributed by atoms with Gasteiger partial charge >= 0.3 is 0 Å². The van der Waals surface area contributed by atoms with Gasteiger partial charge < -0.3 is 5.73 Å². The minimum absolute atomic E-state index is 0.773. The highest BCUT2D eigenvalue weighted by molar-refractivity contribution is 5.02. The zero-order valence-corrected chi connectivity index (χ0v) is 6.60. The summed E-state index contributed by atoms with van der Waals surface area (Å²) in [6, 6.07) is 0. The van der Waals surface area contributed by atoms with Gasteiger partial charge in [-0.25, -0.2) is 0 Å². The van der Waals surface area contributed by atoms with Crippen LogP contribution in [0.1, 0.15) is 32.1 Å². The van der Waals surface area contributed by atoms with Crippen LogP contribution >= 0.6 is 0 Å². The van der Waals surface area contributed by atoms with E-state index in [2.05, 4.69) is 6.58 Å². The van der Waals surface area contributed by atoms with Gasteiger partial charge in [-0.3, -0.25) is 0 Å². The lowest BCUT2D eigenvalue weighted by atomic mass is 9.97. The van der Waals surface area contributed by atoms with Crippen LogP contribution in [-0.2, 0) is 0 Å². The number of nitrogens with two attached hydrogens (primary N) is 1. The van der Waals surface area contributed by atoms with Gasteiger partial charge in [0.05, 0.1) is 0 Å². The zero-order chi connectivity index (χ0) is 7.40. The molecule has 0 atom stereocenters. The molecule has 0 aromatic carbocycles. The van der Waals surface area contributed by atoms with Crippen molar-refractivity contribution in [3.63, 3.8) is 0 Å². The molecule has 0 unspecified atom stereocenters. The minimum Gasteiger partial charge on any atom is -0.330 e. The van der Waals surface area contributed by atoms with Gasteiger partial charge in [0.2, 0.25) is 0 Å². The van der Waals surface area contributed by atoms with Crippen molar-refractivity contribution in [2.24, 2.45) is 11.7 Å². The average molecular weight is 139 g/mol. The standard InChI is InChI=1S/C9H17N/c1-8(6-7-10)9-4-2-3-5-9/h9H,1-7,10H2. The van der Waals surface area contributed by atoms with Crippen molar-refractivity contribution in [2.75, 3.05) is 6.54 Å². The Morgan fingerprint density at radius 3 is 2.50 bits per heavy atom. The van der Waals surface area contributed by atoms with E-state index >= 15 is 0 Å². The van der Waals surface area contributed by atoms with Gasteiger partial charge in [0.25, 0.3) is 0 Å². The fourth-order valence-electron chi connectivity index (χ4n) is 1.72. The maximum atomic E-state index is 5.44. The van der Waals surface area contributed by atoms with Gasteiger partial charge in [0.1, 0.15) is 0 Å². The first-order valence-corrected chi connectivity index (χ1v) is 4.22. The van der Waals surface area contributed by atoms with Gasteiger partial charge in [0.15, 0.2) is 0 Å². The highest BCUT2D eigenvalue weighted by atomic mass is 14.5. The summed E-state index contributed by atoms with van der Waals surface area (Å²) in [5, 5.41) is 0. The molecule has 1 aliphatic carbocycles. The summed E-state index contributed by atoms with van der Waals surface area (Å²) in [4.78, 5) is 0. The van der Waals surface area contributed by atoms with Crippen LogP contribution in [0.4, 0.5) is 0 Å². The SMILES string of the molecule is C=C(CCN)C1CCCC1. The first-order valence-electron chi connectivity index (χ1n) is 4.22. The third kappa shape index (κ3) is 1.84. The molecule has 0 radical (unpaired) electrons. The Morgan fingerprint density at radius 1 is 1.40 bits per heavy atom. The maximum Gasteiger partial charge on any atom is -0.00399 e. The molecular weight excluding hydrogens is 122 g/mol. The van der Waals surface area contributed by atoms with Crippen LogP contribution in [0.3, 0.4) is 0 Å². The third-order valence-electron chi connectivity index (χ3n) is 2.40. The second-order valence-electron chi connectivity index (χ2n) is 3.18. The first kappa shape index (κ1) is 7.80. The summed E-state index contributed by atoms with van der Waals surface area (Å²) in [7, 11) is 0. The van der Waals surface area contributed by atoms with Gasteiger partial charge in [-0.1, -0.05) is 25.0 Å². The predicted octanol–water partition coefficient (Wildman–Crippen LogP) is 2.08. The van der Waals surface area contributed by atoms with Gasteiger partial charge in [-0.2, -0.15) is 0 Å². The fraction of sp³-hybridized carbons (Fsp3) is 0.778. The molecule has 1 aliphatic rings. The zero-order valence-electron chi connectivity index (χ0n) is 6.60. The Balaban J connectivity index is 2.25. The molecule has 2 N–H and O–H groups in total. The molecule has 0 spiro atoms. The molecule has 0 heterocycles. The van der Waals surface area contributed by atoms with E-state index in [0.29, 0.717) is 0 Å². The molecule has 0 bridgehead atoms. The van der Waals surface area contributed by atoms with Gasteiger partial charge in [0, 0.05) is 0 Å². The second-order valence-corrected chi connectivity index (χ2v) is 3.18. The van der Waals surface area contributed by atoms with Crippen LogP contribution in [0.15, 0.2) is 12.2 Å². The van der Waals surface area contributed by atoms with E-state index in [1.54, 1.807) is 0 Å². The highest BCUT2D eigenvalue weighted by Crippen LogP contribution is 2.31. The van der Waals surface area contributed by atoms with Crippen LogP contribution < -0.4 is 5.73 Å². The molecule has 0 aliphatic heterocycles. The second kappa shape index (κ2) is 3.77. The van der Waals surface area contributed by atoms with E-state index in [0.717, 1.165) is 18.9 Å². The van der Waals surface area contributed by atoms with Crippen LogP contribution in [0.5, 0.6) is 0 Å². The molecule has 0 aromatic heterocycles. The lowest BCUT2D eigenvalue weighted by Crippen LogP contribution is -2.05. The van der Waals surface area contributed by atoms with E-state index in [1.807, 2.05) is 0 Å². The Labute approximate surface area is 63.3 Å². The predicted molar refractivity (Wildman–Crippen MR) is 44.8 cm³/mol. The molecule has 1 heteroatoms. The summed E-state index contributed by atoms with van der Waals surface area (Å²) in [5.74, 6) is 0.809. The van der Waals surface area contributed by atoms with Crippen molar-refractivity contribution in [2.45, 2.75) is 32.1 Å². The van der Waals surface area contributed by atoms with Gasteiger partial charge in [-0.15, -0.1) is 0 Å². The van der Waals surface area contributed by atoms with Crippen molar-refractivity contribution >= 4 is 0 Å². The largest absolute Gasteiger partial charge is 0.330 e. The molecule has 10 heavy (non-hydrogen) atoms. The van der Waals surface area contributed by atoms with Crippen molar-refractivity contribution in [3.8, 4) is 0 Å². The summed E-state index contributed by atoms with van der Waals surface area (Å²) >= 11 is 0. The summed E-state index contributed by atoms with van der Waals surface area (Å²) in [5.41, 5.74) is 6.83. The summed E-state index contributed by atoms with van der Waals surface area (Å²) in [6.45, 7) is 4.82. The molecule has 0 aromatic rings.